The third kappa shape index (κ3) is 17.1. The molecule has 18 nitrogen and oxygen atoms in total. The Labute approximate surface area is 414 Å². The molecular weight excluding hydrogens is 909 g/mol. The van der Waals surface area contributed by atoms with Crippen LogP contribution < -0.4 is 0 Å². The molecule has 3 aliphatic rings. The Morgan fingerprint density at radius 2 is 1.61 bits per heavy atom. The Morgan fingerprint density at radius 3 is 2.24 bits per heavy atom. The molecule has 4 rings (SSSR count). The van der Waals surface area contributed by atoms with Gasteiger partial charge in [0.2, 0.25) is 0 Å². The summed E-state index contributed by atoms with van der Waals surface area (Å²) in [5.74, 6) is -3.47. The number of methoxy groups -OCH3 is 1. The lowest BCUT2D eigenvalue weighted by Crippen LogP contribution is -2.66. The molecule has 0 aromatic heterocycles. The summed E-state index contributed by atoms with van der Waals surface area (Å²) in [7, 11) is 4.89. The molecule has 6 unspecified atom stereocenters. The Balaban J connectivity index is 1.67. The van der Waals surface area contributed by atoms with Crippen molar-refractivity contribution in [1.29, 1.82) is 0 Å². The first-order chi connectivity index (χ1) is 33.2. The summed E-state index contributed by atoms with van der Waals surface area (Å²) in [6.45, 7) is 14.8. The van der Waals surface area contributed by atoms with E-state index in [9.17, 15) is 34.2 Å². The molecule has 2 saturated heterocycles. The van der Waals surface area contributed by atoms with Crippen molar-refractivity contribution < 1.29 is 76.8 Å². The van der Waals surface area contributed by atoms with Gasteiger partial charge >= 0.3 is 23.9 Å². The van der Waals surface area contributed by atoms with Gasteiger partial charge in [-0.05, 0) is 97.5 Å². The molecule has 3 heterocycles. The predicted octanol–water partition coefficient (Wildman–Crippen LogP) is 4.72. The van der Waals surface area contributed by atoms with Crippen molar-refractivity contribution in [3.8, 4) is 0 Å². The highest BCUT2D eigenvalue weighted by molar-refractivity contribution is 5.73. The summed E-state index contributed by atoms with van der Waals surface area (Å²) >= 11 is 0. The number of carbonyl (C=O) groups excluding carboxylic acids is 5. The number of benzene rings is 1. The zero-order valence-electron chi connectivity index (χ0n) is 43.3. The fraction of sp³-hybridized carbons (Fsp3) is 0.750. The van der Waals surface area contributed by atoms with Crippen LogP contribution in [0.2, 0.25) is 0 Å². The van der Waals surface area contributed by atoms with Crippen molar-refractivity contribution in [2.45, 2.75) is 198 Å². The van der Waals surface area contributed by atoms with Gasteiger partial charge in [-0.25, -0.2) is 0 Å². The van der Waals surface area contributed by atoms with Crippen LogP contribution in [0.4, 0.5) is 0 Å². The van der Waals surface area contributed by atoms with E-state index in [-0.39, 0.29) is 32.1 Å². The molecule has 2 fully saturated rings. The van der Waals surface area contributed by atoms with Gasteiger partial charge in [-0.3, -0.25) is 24.1 Å². The Bertz CT molecular complexity index is 1820. The summed E-state index contributed by atoms with van der Waals surface area (Å²) in [6.07, 6.45) is -5.36. The average molecular weight is 991 g/mol. The number of aryl methyl sites for hydroxylation is 1. The SMILES string of the molecule is CCC(=O)O[C@@H]1CC(=O)OC(C)/C=C/CN(CCCCc2ccccc2)C[C@H](O)[C@H](C)C[C@H](CC=O)[C@H](O[C@@H]2OC(C)[C@H](O[C@H]3CC(C)(OC(C)=O)[C@@H](OC(=O)CC)C(C)O3)C(N(C)C)C2O)[C@H]1OC. The number of aldehydes is 1. The molecule has 0 aliphatic carbocycles. The number of nitrogens with zero attached hydrogens (tertiary/aromatic N) is 2. The van der Waals surface area contributed by atoms with Crippen LogP contribution in [0.3, 0.4) is 0 Å². The monoisotopic (exact) mass is 991 g/mol. The van der Waals surface area contributed by atoms with Crippen LogP contribution in [0.15, 0.2) is 42.5 Å². The minimum atomic E-state index is -1.43. The summed E-state index contributed by atoms with van der Waals surface area (Å²) in [4.78, 5) is 68.1. The molecule has 0 spiro atoms. The number of likely N-dealkylation sites (N-methyl/N-ethyl adjacent to an activating group) is 1. The molecule has 396 valence electrons. The highest BCUT2D eigenvalue weighted by Gasteiger charge is 2.54. The number of unbranched alkanes of at least 4 members (excludes halogenated alkanes) is 1. The minimum absolute atomic E-state index is 0.0156. The van der Waals surface area contributed by atoms with Crippen molar-refractivity contribution in [3.63, 3.8) is 0 Å². The molecule has 0 bridgehead atoms. The van der Waals surface area contributed by atoms with Crippen LogP contribution in [0.1, 0.15) is 112 Å². The second-order valence-corrected chi connectivity index (χ2v) is 19.6. The number of rotatable bonds is 18. The van der Waals surface area contributed by atoms with Crippen LogP contribution in [0.5, 0.6) is 0 Å². The topological polar surface area (TPSA) is 215 Å². The lowest BCUT2D eigenvalue weighted by molar-refractivity contribution is -0.344. The largest absolute Gasteiger partial charge is 0.459 e. The van der Waals surface area contributed by atoms with E-state index in [4.69, 9.17) is 42.6 Å². The second kappa shape index (κ2) is 28.4. The third-order valence-corrected chi connectivity index (χ3v) is 13.5. The van der Waals surface area contributed by atoms with Gasteiger partial charge < -0.3 is 62.5 Å². The van der Waals surface area contributed by atoms with Crippen LogP contribution in [0.25, 0.3) is 0 Å². The smallest absolute Gasteiger partial charge is 0.310 e. The maximum atomic E-state index is 13.7. The fourth-order valence-electron chi connectivity index (χ4n) is 9.92. The molecule has 18 heteroatoms. The minimum Gasteiger partial charge on any atom is -0.459 e. The first-order valence-corrected chi connectivity index (χ1v) is 25.1. The first-order valence-electron chi connectivity index (χ1n) is 25.1. The Hall–Kier alpha value is -3.85. The number of aliphatic hydroxyl groups excluding tert-OH is 2. The molecular formula is C52H82N2O16. The number of esters is 4. The van der Waals surface area contributed by atoms with Gasteiger partial charge in [0.1, 0.15) is 36.8 Å². The van der Waals surface area contributed by atoms with Crippen LogP contribution in [-0.2, 0) is 73.0 Å². The lowest BCUT2D eigenvalue weighted by Gasteiger charge is -2.50. The number of cyclic esters (lactones) is 1. The fourth-order valence-corrected chi connectivity index (χ4v) is 9.92. The Kier molecular flexibility index (Phi) is 23.8. The van der Waals surface area contributed by atoms with Gasteiger partial charge in [-0.1, -0.05) is 57.2 Å². The number of ether oxygens (including phenoxy) is 9. The molecule has 16 atom stereocenters. The number of aliphatic hydroxyl groups is 2. The van der Waals surface area contributed by atoms with Gasteiger partial charge in [0, 0.05) is 52.8 Å². The summed E-state index contributed by atoms with van der Waals surface area (Å²) in [5, 5.41) is 24.2. The maximum Gasteiger partial charge on any atom is 0.310 e. The third-order valence-electron chi connectivity index (χ3n) is 13.5. The number of hydrogen-bond donors (Lipinski definition) is 2. The number of β-amino-alcohol motifs (C(OH)–C–C–N with tert-alkyl or cyclic N) is 1. The number of carbonyl (C=O) groups is 5. The van der Waals surface area contributed by atoms with E-state index in [1.807, 2.05) is 31.2 Å². The first kappa shape index (κ1) is 58.7. The van der Waals surface area contributed by atoms with E-state index in [1.54, 1.807) is 66.6 Å². The van der Waals surface area contributed by atoms with Crippen molar-refractivity contribution in [2.24, 2.45) is 11.8 Å². The standard InChI is InChI=1S/C52H82N2O16/c1-12-41(58)66-40-29-43(60)63-33(4)20-19-26-54(25-18-17-23-37-21-15-14-16-22-37)31-39(57)32(3)28-38(24-27-55)48(49(40)62-11)69-51-46(61)45(53(9)10)47(34(5)65-51)68-44-30-52(8,70-36(7)56)50(35(6)64-44)67-42(59)13-2/h14-16,19-22,27,32-35,38-40,44-51,57,61H,12-13,17-18,23-26,28-31H2,1-11H3/b20-19+/t32-,33?,34?,35?,38+,39+,40-,44+,45?,46?,47+,48+,49+,50+,51+,52?/m1/s1. The van der Waals surface area contributed by atoms with Gasteiger partial charge in [-0.15, -0.1) is 0 Å². The van der Waals surface area contributed by atoms with Crippen molar-refractivity contribution in [2.75, 3.05) is 40.8 Å². The highest BCUT2D eigenvalue weighted by Crippen LogP contribution is 2.39. The predicted molar refractivity (Wildman–Crippen MR) is 257 cm³/mol. The van der Waals surface area contributed by atoms with E-state index < -0.39 is 127 Å². The zero-order chi connectivity index (χ0) is 51.7. The van der Waals surface area contributed by atoms with Gasteiger partial charge in [-0.2, -0.15) is 0 Å². The normalized spacial score (nSPS) is 35.6. The molecule has 70 heavy (non-hydrogen) atoms. The average Bonchev–Trinajstić information content (AvgIpc) is 3.29. The Morgan fingerprint density at radius 1 is 0.929 bits per heavy atom. The summed E-state index contributed by atoms with van der Waals surface area (Å²) in [6, 6.07) is 9.44. The molecule has 0 radical (unpaired) electrons. The van der Waals surface area contributed by atoms with Crippen LogP contribution in [0, 0.1) is 11.8 Å². The van der Waals surface area contributed by atoms with E-state index >= 15 is 0 Å². The van der Waals surface area contributed by atoms with Crippen molar-refractivity contribution in [3.05, 3.63) is 48.0 Å². The molecule has 1 aromatic carbocycles. The molecule has 3 aliphatic heterocycles. The van der Waals surface area contributed by atoms with E-state index in [1.165, 1.54) is 19.6 Å². The summed E-state index contributed by atoms with van der Waals surface area (Å²) < 4.78 is 55.5. The summed E-state index contributed by atoms with van der Waals surface area (Å²) in [5.41, 5.74) is -0.0710. The molecule has 0 saturated carbocycles. The lowest BCUT2D eigenvalue weighted by atomic mass is 9.82. The van der Waals surface area contributed by atoms with Crippen molar-refractivity contribution in [1.82, 2.24) is 9.80 Å². The van der Waals surface area contributed by atoms with E-state index in [2.05, 4.69) is 17.0 Å². The van der Waals surface area contributed by atoms with Crippen LogP contribution in [-0.4, -0.2) is 176 Å². The van der Waals surface area contributed by atoms with Gasteiger partial charge in [0.05, 0.1) is 36.9 Å². The van der Waals surface area contributed by atoms with E-state index in [0.717, 1.165) is 25.5 Å². The zero-order valence-corrected chi connectivity index (χ0v) is 43.3. The van der Waals surface area contributed by atoms with Crippen molar-refractivity contribution >= 4 is 30.2 Å². The van der Waals surface area contributed by atoms with Gasteiger partial charge in [0.15, 0.2) is 24.3 Å². The van der Waals surface area contributed by atoms with Crippen LogP contribution >= 0.6 is 0 Å². The quantitative estimate of drug-likeness (QED) is 0.0669. The van der Waals surface area contributed by atoms with E-state index in [0.29, 0.717) is 19.6 Å². The molecule has 2 N–H and O–H groups in total. The second-order valence-electron chi connectivity index (χ2n) is 19.6. The maximum absolute atomic E-state index is 13.7. The number of hydrogen-bond acceptors (Lipinski definition) is 18. The van der Waals surface area contributed by atoms with Gasteiger partial charge in [0.25, 0.3) is 0 Å². The molecule has 1 aromatic rings. The highest BCUT2D eigenvalue weighted by atomic mass is 16.7. The molecule has 0 amide bonds.